The highest BCUT2D eigenvalue weighted by molar-refractivity contribution is 7.92. The molecule has 0 heterocycles. The molecule has 0 unspecified atom stereocenters. The van der Waals surface area contributed by atoms with Crippen LogP contribution in [0.2, 0.25) is 0 Å². The molecule has 3 aromatic rings. The molecule has 0 saturated carbocycles. The molecule has 0 spiro atoms. The molecule has 6 heteroatoms. The van der Waals surface area contributed by atoms with Crippen LogP contribution in [0.1, 0.15) is 34.5 Å². The van der Waals surface area contributed by atoms with E-state index in [9.17, 15) is 13.2 Å². The van der Waals surface area contributed by atoms with Crippen molar-refractivity contribution >= 4 is 21.6 Å². The maximum absolute atomic E-state index is 12.6. The highest BCUT2D eigenvalue weighted by Gasteiger charge is 2.16. The summed E-state index contributed by atoms with van der Waals surface area (Å²) in [6.45, 7) is 3.92. The fourth-order valence-electron chi connectivity index (χ4n) is 2.97. The molecule has 3 aromatic carbocycles. The third-order valence-electron chi connectivity index (χ3n) is 4.43. The zero-order valence-corrected chi connectivity index (χ0v) is 16.5. The fraction of sp³-hybridized carbons (Fsp3) is 0.136. The Hall–Kier alpha value is -3.12. The largest absolute Gasteiger partial charge is 0.346 e. The Morgan fingerprint density at radius 1 is 0.893 bits per heavy atom. The van der Waals surface area contributed by atoms with Gasteiger partial charge >= 0.3 is 0 Å². The second-order valence-electron chi connectivity index (χ2n) is 6.55. The van der Waals surface area contributed by atoms with Gasteiger partial charge < -0.3 is 5.32 Å². The van der Waals surface area contributed by atoms with Gasteiger partial charge in [-0.1, -0.05) is 48.5 Å². The second kappa shape index (κ2) is 8.27. The van der Waals surface area contributed by atoms with Crippen LogP contribution in [0.25, 0.3) is 0 Å². The monoisotopic (exact) mass is 394 g/mol. The lowest BCUT2D eigenvalue weighted by Crippen LogP contribution is -2.27. The molecule has 0 aromatic heterocycles. The highest BCUT2D eigenvalue weighted by atomic mass is 32.2. The first-order valence-corrected chi connectivity index (χ1v) is 10.4. The predicted octanol–water partition coefficient (Wildman–Crippen LogP) is 4.29. The molecule has 0 aliphatic carbocycles. The van der Waals surface area contributed by atoms with E-state index in [1.54, 1.807) is 36.4 Å². The summed E-state index contributed by atoms with van der Waals surface area (Å²) in [4.78, 5) is 12.8. The van der Waals surface area contributed by atoms with E-state index < -0.39 is 10.0 Å². The topological polar surface area (TPSA) is 75.3 Å². The number of sulfonamides is 1. The Morgan fingerprint density at radius 2 is 1.57 bits per heavy atom. The molecule has 0 bridgehead atoms. The molecular weight excluding hydrogens is 372 g/mol. The number of carbonyl (C=O) groups excluding carboxylic acids is 1. The molecule has 0 saturated heterocycles. The van der Waals surface area contributed by atoms with Gasteiger partial charge in [-0.25, -0.2) is 8.42 Å². The van der Waals surface area contributed by atoms with Crippen LogP contribution in [0.15, 0.2) is 83.8 Å². The first-order valence-electron chi connectivity index (χ1n) is 8.91. The van der Waals surface area contributed by atoms with Gasteiger partial charge in [-0.3, -0.25) is 9.52 Å². The molecule has 0 aliphatic heterocycles. The fourth-order valence-corrected chi connectivity index (χ4v) is 4.04. The lowest BCUT2D eigenvalue weighted by Gasteiger charge is -2.17. The standard InChI is InChI=1S/C22H22N2O3S/c1-16-9-6-7-14-21(16)17(2)23-22(25)18-10-8-11-19(15-18)24-28(26,27)20-12-4-3-5-13-20/h3-15,17,24H,1-2H3,(H,23,25)/t17-/m1/s1. The van der Waals surface area contributed by atoms with Crippen molar-refractivity contribution in [3.05, 3.63) is 95.6 Å². The number of anilines is 1. The first kappa shape index (κ1) is 19.6. The smallest absolute Gasteiger partial charge is 0.261 e. The summed E-state index contributed by atoms with van der Waals surface area (Å²) in [7, 11) is -3.71. The van der Waals surface area contributed by atoms with Crippen LogP contribution in [-0.4, -0.2) is 14.3 Å². The van der Waals surface area contributed by atoms with Crippen LogP contribution in [0, 0.1) is 6.92 Å². The lowest BCUT2D eigenvalue weighted by molar-refractivity contribution is 0.0940. The number of hydrogen-bond donors (Lipinski definition) is 2. The number of hydrogen-bond acceptors (Lipinski definition) is 3. The summed E-state index contributed by atoms with van der Waals surface area (Å²) < 4.78 is 27.5. The molecule has 0 fully saturated rings. The van der Waals surface area contributed by atoms with Crippen molar-refractivity contribution in [2.24, 2.45) is 0 Å². The number of amides is 1. The van der Waals surface area contributed by atoms with Gasteiger partial charge in [-0.15, -0.1) is 0 Å². The molecule has 28 heavy (non-hydrogen) atoms. The minimum atomic E-state index is -3.71. The van der Waals surface area contributed by atoms with E-state index >= 15 is 0 Å². The minimum Gasteiger partial charge on any atom is -0.346 e. The molecule has 2 N–H and O–H groups in total. The lowest BCUT2D eigenvalue weighted by atomic mass is 10.0. The van der Waals surface area contributed by atoms with E-state index in [-0.39, 0.29) is 16.8 Å². The maximum atomic E-state index is 12.6. The van der Waals surface area contributed by atoms with Crippen molar-refractivity contribution in [2.45, 2.75) is 24.8 Å². The van der Waals surface area contributed by atoms with Crippen molar-refractivity contribution in [3.63, 3.8) is 0 Å². The Bertz CT molecular complexity index is 1080. The van der Waals surface area contributed by atoms with Crippen molar-refractivity contribution in [3.8, 4) is 0 Å². The molecular formula is C22H22N2O3S. The van der Waals surface area contributed by atoms with Gasteiger partial charge in [0.1, 0.15) is 0 Å². The quantitative estimate of drug-likeness (QED) is 0.655. The normalized spacial score (nSPS) is 12.2. The van der Waals surface area contributed by atoms with E-state index in [1.165, 1.54) is 18.2 Å². The van der Waals surface area contributed by atoms with Crippen molar-refractivity contribution in [1.29, 1.82) is 0 Å². The van der Waals surface area contributed by atoms with E-state index in [1.807, 2.05) is 38.1 Å². The Balaban J connectivity index is 1.76. The molecule has 0 radical (unpaired) electrons. The minimum absolute atomic E-state index is 0.165. The Kier molecular flexibility index (Phi) is 5.80. The van der Waals surface area contributed by atoms with Crippen molar-refractivity contribution < 1.29 is 13.2 Å². The average Bonchev–Trinajstić information content (AvgIpc) is 2.69. The van der Waals surface area contributed by atoms with E-state index in [4.69, 9.17) is 0 Å². The Morgan fingerprint density at radius 3 is 2.29 bits per heavy atom. The van der Waals surface area contributed by atoms with E-state index in [0.29, 0.717) is 11.3 Å². The predicted molar refractivity (Wildman–Crippen MR) is 111 cm³/mol. The van der Waals surface area contributed by atoms with Gasteiger partial charge in [0.15, 0.2) is 0 Å². The third-order valence-corrected chi connectivity index (χ3v) is 5.83. The summed E-state index contributed by atoms with van der Waals surface area (Å²) in [6.07, 6.45) is 0. The summed E-state index contributed by atoms with van der Waals surface area (Å²) in [6, 6.07) is 22.2. The number of aryl methyl sites for hydroxylation is 1. The number of benzene rings is 3. The number of rotatable bonds is 6. The second-order valence-corrected chi connectivity index (χ2v) is 8.23. The van der Waals surface area contributed by atoms with Crippen LogP contribution < -0.4 is 10.0 Å². The molecule has 144 valence electrons. The van der Waals surface area contributed by atoms with Gasteiger partial charge in [0.05, 0.1) is 10.9 Å². The molecule has 1 amide bonds. The molecule has 5 nitrogen and oxygen atoms in total. The number of nitrogens with one attached hydrogen (secondary N) is 2. The van der Waals surface area contributed by atoms with Gasteiger partial charge in [-0.2, -0.15) is 0 Å². The van der Waals surface area contributed by atoms with E-state index in [0.717, 1.165) is 11.1 Å². The van der Waals surface area contributed by atoms with Crippen molar-refractivity contribution in [1.82, 2.24) is 5.32 Å². The summed E-state index contributed by atoms with van der Waals surface area (Å²) in [5.41, 5.74) is 2.85. The molecule has 1 atom stereocenters. The summed E-state index contributed by atoms with van der Waals surface area (Å²) in [5.74, 6) is -0.267. The van der Waals surface area contributed by atoms with Crippen LogP contribution in [0.3, 0.4) is 0 Å². The van der Waals surface area contributed by atoms with Crippen LogP contribution in [0.5, 0.6) is 0 Å². The summed E-state index contributed by atoms with van der Waals surface area (Å²) in [5, 5.41) is 2.96. The zero-order valence-electron chi connectivity index (χ0n) is 15.7. The zero-order chi connectivity index (χ0) is 20.1. The first-order chi connectivity index (χ1) is 13.4. The van der Waals surface area contributed by atoms with Crippen LogP contribution in [0.4, 0.5) is 5.69 Å². The molecule has 3 rings (SSSR count). The van der Waals surface area contributed by atoms with Crippen LogP contribution in [-0.2, 0) is 10.0 Å². The summed E-state index contributed by atoms with van der Waals surface area (Å²) >= 11 is 0. The van der Waals surface area contributed by atoms with E-state index in [2.05, 4.69) is 10.0 Å². The average molecular weight is 394 g/mol. The third kappa shape index (κ3) is 4.58. The van der Waals surface area contributed by atoms with Crippen LogP contribution >= 0.6 is 0 Å². The Labute approximate surface area is 165 Å². The van der Waals surface area contributed by atoms with Crippen molar-refractivity contribution in [2.75, 3.05) is 4.72 Å². The SMILES string of the molecule is Cc1ccccc1[C@@H](C)NC(=O)c1cccc(NS(=O)(=O)c2ccccc2)c1. The molecule has 0 aliphatic rings. The van der Waals surface area contributed by atoms with Gasteiger partial charge in [0.25, 0.3) is 15.9 Å². The highest BCUT2D eigenvalue weighted by Crippen LogP contribution is 2.20. The van der Waals surface area contributed by atoms with Gasteiger partial charge in [0.2, 0.25) is 0 Å². The maximum Gasteiger partial charge on any atom is 0.261 e. The number of carbonyl (C=O) groups is 1. The van der Waals surface area contributed by atoms with Gasteiger partial charge in [0, 0.05) is 11.3 Å². The van der Waals surface area contributed by atoms with Gasteiger partial charge in [-0.05, 0) is 55.3 Å².